The molecule has 4 aliphatic heterocycles. The van der Waals surface area contributed by atoms with Crippen molar-refractivity contribution < 1.29 is 4.74 Å². The van der Waals surface area contributed by atoms with Gasteiger partial charge in [0.05, 0.1) is 24.9 Å². The van der Waals surface area contributed by atoms with E-state index in [1.807, 2.05) is 6.07 Å². The molecule has 3 fully saturated rings. The number of nitrogens with one attached hydrogen (secondary N) is 1. The van der Waals surface area contributed by atoms with Gasteiger partial charge in [0, 0.05) is 62.5 Å². The summed E-state index contributed by atoms with van der Waals surface area (Å²) in [6.07, 6.45) is 4.09. The van der Waals surface area contributed by atoms with Crippen molar-refractivity contribution in [2.24, 2.45) is 7.05 Å². The van der Waals surface area contributed by atoms with E-state index in [2.05, 4.69) is 51.3 Å². The van der Waals surface area contributed by atoms with Crippen LogP contribution in [0.2, 0.25) is 0 Å². The second kappa shape index (κ2) is 8.15. The minimum Gasteiger partial charge on any atom is -0.378 e. The van der Waals surface area contributed by atoms with E-state index < -0.39 is 0 Å². The van der Waals surface area contributed by atoms with Crippen molar-refractivity contribution in [2.45, 2.75) is 56.4 Å². The molecule has 0 aliphatic carbocycles. The number of ether oxygens (including phenoxy) is 1. The second-order valence-electron chi connectivity index (χ2n) is 11.0. The maximum absolute atomic E-state index is 12.7. The van der Waals surface area contributed by atoms with Crippen LogP contribution in [-0.4, -0.2) is 58.9 Å². The Kier molecular flexibility index (Phi) is 5.02. The Morgan fingerprint density at radius 3 is 2.74 bits per heavy atom. The molecule has 7 rings (SSSR count). The van der Waals surface area contributed by atoms with Crippen molar-refractivity contribution in [1.29, 1.82) is 0 Å². The molecule has 5 atom stereocenters. The fourth-order valence-corrected chi connectivity index (χ4v) is 7.03. The van der Waals surface area contributed by atoms with Crippen molar-refractivity contribution in [2.75, 3.05) is 31.2 Å². The molecule has 6 heterocycles. The summed E-state index contributed by atoms with van der Waals surface area (Å²) in [7, 11) is 1.80. The highest BCUT2D eigenvalue weighted by Gasteiger charge is 2.40. The summed E-state index contributed by atoms with van der Waals surface area (Å²) < 4.78 is 7.40. The number of pyridine rings is 2. The molecule has 182 valence electrons. The van der Waals surface area contributed by atoms with Gasteiger partial charge in [0.25, 0.3) is 5.56 Å². The van der Waals surface area contributed by atoms with E-state index in [4.69, 9.17) is 4.74 Å². The van der Waals surface area contributed by atoms with Crippen LogP contribution < -0.4 is 15.8 Å². The van der Waals surface area contributed by atoms with Crippen LogP contribution in [0.4, 0.5) is 5.69 Å². The maximum atomic E-state index is 12.7. The number of nitrogens with zero attached hydrogens (tertiary/aromatic N) is 4. The monoisotopic (exact) mass is 471 g/mol. The summed E-state index contributed by atoms with van der Waals surface area (Å²) in [5.41, 5.74) is 6.19. The Bertz CT molecular complexity index is 1340. The number of hydrogen-bond donors (Lipinski definition) is 1. The largest absolute Gasteiger partial charge is 0.378 e. The van der Waals surface area contributed by atoms with E-state index in [1.54, 1.807) is 23.9 Å². The minimum atomic E-state index is -0.00474. The molecule has 2 aromatic heterocycles. The minimum absolute atomic E-state index is 0.00474. The van der Waals surface area contributed by atoms with Crippen LogP contribution in [0, 0.1) is 0 Å². The van der Waals surface area contributed by atoms with Gasteiger partial charge in [-0.1, -0.05) is 18.2 Å². The van der Waals surface area contributed by atoms with Crippen molar-refractivity contribution in [1.82, 2.24) is 19.8 Å². The predicted octanol–water partition coefficient (Wildman–Crippen LogP) is 2.93. The number of piperazine rings is 1. The summed E-state index contributed by atoms with van der Waals surface area (Å²) in [6.45, 7) is 6.82. The van der Waals surface area contributed by atoms with Crippen LogP contribution in [-0.2, 0) is 18.3 Å². The zero-order valence-electron chi connectivity index (χ0n) is 20.5. The molecule has 0 saturated carbocycles. The normalized spacial score (nSPS) is 30.3. The second-order valence-corrected chi connectivity index (χ2v) is 11.0. The lowest BCUT2D eigenvalue weighted by Crippen LogP contribution is -2.53. The van der Waals surface area contributed by atoms with E-state index in [-0.39, 0.29) is 5.56 Å². The molecular weight excluding hydrogens is 438 g/mol. The molecule has 7 heteroatoms. The molecule has 0 amide bonds. The molecule has 3 saturated heterocycles. The Morgan fingerprint density at radius 2 is 1.91 bits per heavy atom. The topological polar surface area (TPSA) is 62.6 Å². The fourth-order valence-electron chi connectivity index (χ4n) is 7.03. The van der Waals surface area contributed by atoms with Gasteiger partial charge >= 0.3 is 0 Å². The van der Waals surface area contributed by atoms with Crippen molar-refractivity contribution >= 4 is 16.7 Å². The molecule has 1 aromatic carbocycles. The van der Waals surface area contributed by atoms with Gasteiger partial charge in [0.1, 0.15) is 5.65 Å². The van der Waals surface area contributed by atoms with Gasteiger partial charge in [-0.3, -0.25) is 14.3 Å². The summed E-state index contributed by atoms with van der Waals surface area (Å²) in [5, 5.41) is 4.77. The Morgan fingerprint density at radius 1 is 1.09 bits per heavy atom. The van der Waals surface area contributed by atoms with E-state index in [9.17, 15) is 4.79 Å². The van der Waals surface area contributed by atoms with Gasteiger partial charge in [-0.25, -0.2) is 4.98 Å². The molecule has 35 heavy (non-hydrogen) atoms. The maximum Gasteiger partial charge on any atom is 0.253 e. The van der Waals surface area contributed by atoms with E-state index >= 15 is 0 Å². The number of fused-ring (bicyclic) bond motifs is 6. The average Bonchev–Trinajstić information content (AvgIpc) is 3.24. The lowest BCUT2D eigenvalue weighted by molar-refractivity contribution is 0.0180. The van der Waals surface area contributed by atoms with E-state index in [0.29, 0.717) is 30.1 Å². The van der Waals surface area contributed by atoms with Crippen LogP contribution in [0.15, 0.2) is 47.4 Å². The van der Waals surface area contributed by atoms with Crippen molar-refractivity contribution in [3.8, 4) is 0 Å². The highest BCUT2D eigenvalue weighted by Crippen LogP contribution is 2.42. The van der Waals surface area contributed by atoms with Crippen LogP contribution in [0.25, 0.3) is 11.0 Å². The molecule has 2 bridgehead atoms. The lowest BCUT2D eigenvalue weighted by Gasteiger charge is -2.43. The van der Waals surface area contributed by atoms with Gasteiger partial charge in [-0.15, -0.1) is 0 Å². The molecule has 0 unspecified atom stereocenters. The molecule has 4 aliphatic rings. The van der Waals surface area contributed by atoms with E-state index in [1.165, 1.54) is 16.7 Å². The van der Waals surface area contributed by atoms with Crippen molar-refractivity contribution in [3.63, 3.8) is 0 Å². The average molecular weight is 472 g/mol. The quantitative estimate of drug-likeness (QED) is 0.620. The molecule has 3 aromatic rings. The van der Waals surface area contributed by atoms with Crippen LogP contribution in [0.1, 0.15) is 48.4 Å². The fraction of sp³-hybridized carbons (Fsp3) is 0.500. The van der Waals surface area contributed by atoms with Gasteiger partial charge in [-0.05, 0) is 54.5 Å². The standard InChI is InChI=1S/C28H33N5O2/c1-17-12-32(25-11-27(34)31(2)28-24(25)4-3-7-29-28)14-26-23-6-5-18(8-20(23)13-33(17)26)19-9-21-15-35-16-22(10-19)30-21/h3-8,11,17,19,21-22,26,30H,9-10,12-16H2,1-2H3/t17-,19-,21+,22-,26-/m1/s1. The first-order valence-electron chi connectivity index (χ1n) is 13.0. The number of morpholine rings is 1. The van der Waals surface area contributed by atoms with Crippen LogP contribution in [0.5, 0.6) is 0 Å². The number of piperidine rings is 1. The molecule has 7 nitrogen and oxygen atoms in total. The third-order valence-corrected chi connectivity index (χ3v) is 8.75. The predicted molar refractivity (Wildman–Crippen MR) is 137 cm³/mol. The number of anilines is 1. The first-order chi connectivity index (χ1) is 17.0. The highest BCUT2D eigenvalue weighted by atomic mass is 16.5. The molecule has 0 spiro atoms. The number of aryl methyl sites for hydroxylation is 1. The SMILES string of the molecule is C[C@@H]1CN(c2cc(=O)n(C)c3ncccc23)C[C@@H]2c3ccc([C@@H]4C[C@H]5COC[C@@H](C4)N5)cc3CN12. The number of rotatable bonds is 2. The summed E-state index contributed by atoms with van der Waals surface area (Å²) in [6, 6.07) is 14.8. The Balaban J connectivity index is 1.20. The molecular formula is C28H33N5O2. The Hall–Kier alpha value is -2.74. The first kappa shape index (κ1) is 21.5. The van der Waals surface area contributed by atoms with Crippen LogP contribution >= 0.6 is 0 Å². The third-order valence-electron chi connectivity index (χ3n) is 8.75. The van der Waals surface area contributed by atoms with Crippen molar-refractivity contribution in [3.05, 3.63) is 69.6 Å². The molecule has 1 N–H and O–H groups in total. The van der Waals surface area contributed by atoms with Gasteiger partial charge < -0.3 is 15.0 Å². The Labute approximate surface area is 205 Å². The highest BCUT2D eigenvalue weighted by molar-refractivity contribution is 5.89. The zero-order chi connectivity index (χ0) is 23.7. The molecule has 0 radical (unpaired) electrons. The number of benzene rings is 1. The summed E-state index contributed by atoms with van der Waals surface area (Å²) in [4.78, 5) is 22.3. The van der Waals surface area contributed by atoms with E-state index in [0.717, 1.165) is 62.4 Å². The first-order valence-corrected chi connectivity index (χ1v) is 13.0. The van der Waals surface area contributed by atoms with Gasteiger partial charge in [-0.2, -0.15) is 0 Å². The van der Waals surface area contributed by atoms with Gasteiger partial charge in [0.15, 0.2) is 0 Å². The third kappa shape index (κ3) is 3.51. The summed E-state index contributed by atoms with van der Waals surface area (Å²) >= 11 is 0. The number of aromatic nitrogens is 2. The van der Waals surface area contributed by atoms with Crippen LogP contribution in [0.3, 0.4) is 0 Å². The zero-order valence-corrected chi connectivity index (χ0v) is 20.5. The lowest BCUT2D eigenvalue weighted by atomic mass is 9.81. The smallest absolute Gasteiger partial charge is 0.253 e. The summed E-state index contributed by atoms with van der Waals surface area (Å²) in [5.74, 6) is 0.617. The number of hydrogen-bond acceptors (Lipinski definition) is 6. The van der Waals surface area contributed by atoms with Gasteiger partial charge in [0.2, 0.25) is 0 Å².